The highest BCUT2D eigenvalue weighted by atomic mass is 31.1. The molecule has 4 heteroatoms. The zero-order valence-electron chi connectivity index (χ0n) is 16.0. The van der Waals surface area contributed by atoms with Crippen molar-refractivity contribution >= 4 is 8.25 Å². The Labute approximate surface area is 152 Å². The molecule has 0 aliphatic heterocycles. The van der Waals surface area contributed by atoms with Crippen LogP contribution in [0.3, 0.4) is 0 Å². The van der Waals surface area contributed by atoms with E-state index in [0.717, 1.165) is 11.1 Å². The van der Waals surface area contributed by atoms with E-state index in [9.17, 15) is 9.46 Å². The summed E-state index contributed by atoms with van der Waals surface area (Å²) in [5, 5.41) is 0. The van der Waals surface area contributed by atoms with Crippen molar-refractivity contribution in [2.75, 3.05) is 0 Å². The fourth-order valence-electron chi connectivity index (χ4n) is 3.53. The van der Waals surface area contributed by atoms with E-state index >= 15 is 0 Å². The van der Waals surface area contributed by atoms with Gasteiger partial charge in [-0.05, 0) is 46.1 Å². The number of hydrogen-bond donors (Lipinski definition) is 1. The van der Waals surface area contributed by atoms with Gasteiger partial charge in [0.1, 0.15) is 5.75 Å². The van der Waals surface area contributed by atoms with Crippen LogP contribution in [0.15, 0.2) is 36.4 Å². The van der Waals surface area contributed by atoms with Gasteiger partial charge in [0, 0.05) is 5.56 Å². The van der Waals surface area contributed by atoms with Gasteiger partial charge in [-0.3, -0.25) is 0 Å². The van der Waals surface area contributed by atoms with Gasteiger partial charge in [-0.2, -0.15) is 0 Å². The second kappa shape index (κ2) is 8.21. The molecule has 0 amide bonds. The van der Waals surface area contributed by atoms with Crippen LogP contribution in [0, 0.1) is 0 Å². The SMILES string of the molecule is CC(C)c1ccc(-c2ccccc2O[PH](=O)O)c(C(C)C)c1C(C)C. The van der Waals surface area contributed by atoms with Crippen LogP contribution in [-0.2, 0) is 4.57 Å². The third-order valence-corrected chi connectivity index (χ3v) is 4.87. The second-order valence-corrected chi connectivity index (χ2v) is 8.09. The Balaban J connectivity index is 2.79. The van der Waals surface area contributed by atoms with Crippen LogP contribution in [0.25, 0.3) is 11.1 Å². The summed E-state index contributed by atoms with van der Waals surface area (Å²) in [6, 6.07) is 11.8. The molecule has 0 saturated heterocycles. The summed E-state index contributed by atoms with van der Waals surface area (Å²) in [5.74, 6) is 1.65. The standard InChI is InChI=1S/C21H29O3P/c1-13(2)16-11-12-18(21(15(5)6)20(16)14(3)4)17-9-7-8-10-19(17)24-25(22)23/h7-15,25H,1-6H3,(H,22,23). The summed E-state index contributed by atoms with van der Waals surface area (Å²) in [6.07, 6.45) is 0. The van der Waals surface area contributed by atoms with Gasteiger partial charge < -0.3 is 9.42 Å². The van der Waals surface area contributed by atoms with Crippen molar-refractivity contribution < 1.29 is 14.0 Å². The molecule has 2 aromatic rings. The van der Waals surface area contributed by atoms with Gasteiger partial charge in [-0.15, -0.1) is 0 Å². The molecule has 0 fully saturated rings. The molecule has 0 saturated carbocycles. The molecule has 0 aliphatic rings. The van der Waals surface area contributed by atoms with Gasteiger partial charge in [0.05, 0.1) is 0 Å². The summed E-state index contributed by atoms with van der Waals surface area (Å²) in [7, 11) is -3.05. The summed E-state index contributed by atoms with van der Waals surface area (Å²) in [6.45, 7) is 13.3. The molecular formula is C21H29O3P. The van der Waals surface area contributed by atoms with Crippen molar-refractivity contribution in [3.63, 3.8) is 0 Å². The summed E-state index contributed by atoms with van der Waals surface area (Å²) in [4.78, 5) is 9.24. The Morgan fingerprint density at radius 1 is 0.800 bits per heavy atom. The topological polar surface area (TPSA) is 46.5 Å². The summed E-state index contributed by atoms with van der Waals surface area (Å²) < 4.78 is 16.5. The minimum Gasteiger partial charge on any atom is -0.426 e. The predicted molar refractivity (Wildman–Crippen MR) is 106 cm³/mol. The Morgan fingerprint density at radius 3 is 1.92 bits per heavy atom. The molecule has 0 heterocycles. The van der Waals surface area contributed by atoms with Crippen molar-refractivity contribution in [1.82, 2.24) is 0 Å². The van der Waals surface area contributed by atoms with E-state index in [0.29, 0.717) is 23.5 Å². The first-order valence-electron chi connectivity index (χ1n) is 8.90. The quantitative estimate of drug-likeness (QED) is 0.599. The van der Waals surface area contributed by atoms with Gasteiger partial charge in [-0.1, -0.05) is 71.9 Å². The van der Waals surface area contributed by atoms with Crippen molar-refractivity contribution in [2.24, 2.45) is 0 Å². The van der Waals surface area contributed by atoms with Crippen molar-refractivity contribution in [3.8, 4) is 16.9 Å². The average molecular weight is 360 g/mol. The Hall–Kier alpha value is -1.57. The molecule has 0 spiro atoms. The molecule has 2 aromatic carbocycles. The van der Waals surface area contributed by atoms with E-state index < -0.39 is 8.25 Å². The molecule has 1 unspecified atom stereocenters. The van der Waals surface area contributed by atoms with E-state index in [2.05, 4.69) is 53.7 Å². The maximum Gasteiger partial charge on any atom is 0.365 e. The van der Waals surface area contributed by atoms with Crippen LogP contribution in [-0.4, -0.2) is 4.89 Å². The number of rotatable bonds is 6. The molecule has 0 aliphatic carbocycles. The lowest BCUT2D eigenvalue weighted by Gasteiger charge is -2.26. The summed E-state index contributed by atoms with van der Waals surface area (Å²) in [5.41, 5.74) is 6.01. The van der Waals surface area contributed by atoms with Gasteiger partial charge in [0.25, 0.3) is 0 Å². The monoisotopic (exact) mass is 360 g/mol. The molecule has 25 heavy (non-hydrogen) atoms. The minimum atomic E-state index is -3.05. The first-order valence-corrected chi connectivity index (χ1v) is 10.2. The molecule has 0 aromatic heterocycles. The van der Waals surface area contributed by atoms with Crippen molar-refractivity contribution in [3.05, 3.63) is 53.1 Å². The first-order chi connectivity index (χ1) is 11.7. The van der Waals surface area contributed by atoms with E-state index in [1.54, 1.807) is 6.07 Å². The molecule has 1 atom stereocenters. The van der Waals surface area contributed by atoms with Crippen LogP contribution < -0.4 is 4.52 Å². The highest BCUT2D eigenvalue weighted by Crippen LogP contribution is 2.43. The zero-order valence-corrected chi connectivity index (χ0v) is 17.0. The van der Waals surface area contributed by atoms with Crippen LogP contribution >= 0.6 is 8.25 Å². The molecule has 3 nitrogen and oxygen atoms in total. The van der Waals surface area contributed by atoms with Crippen LogP contribution in [0.4, 0.5) is 0 Å². The second-order valence-electron chi connectivity index (χ2n) is 7.36. The minimum absolute atomic E-state index is 0.338. The fraction of sp³-hybridized carbons (Fsp3) is 0.429. The van der Waals surface area contributed by atoms with E-state index in [1.165, 1.54) is 16.7 Å². The van der Waals surface area contributed by atoms with Crippen LogP contribution in [0.1, 0.15) is 76.0 Å². The number of hydrogen-bond acceptors (Lipinski definition) is 2. The lowest BCUT2D eigenvalue weighted by Crippen LogP contribution is -2.07. The maximum absolute atomic E-state index is 11.3. The zero-order chi connectivity index (χ0) is 18.7. The maximum atomic E-state index is 11.3. The normalized spacial score (nSPS) is 12.9. The Kier molecular flexibility index (Phi) is 6.48. The fourth-order valence-corrected chi connectivity index (χ4v) is 3.90. The molecular weight excluding hydrogens is 331 g/mol. The first kappa shape index (κ1) is 19.8. The molecule has 0 bridgehead atoms. The molecule has 2 rings (SSSR count). The third kappa shape index (κ3) is 4.34. The number of benzene rings is 2. The van der Waals surface area contributed by atoms with Gasteiger partial charge >= 0.3 is 8.25 Å². The van der Waals surface area contributed by atoms with Gasteiger partial charge in [0.2, 0.25) is 0 Å². The molecule has 136 valence electrons. The Bertz CT molecular complexity index is 764. The van der Waals surface area contributed by atoms with Crippen molar-refractivity contribution in [2.45, 2.75) is 59.3 Å². The summed E-state index contributed by atoms with van der Waals surface area (Å²) >= 11 is 0. The lowest BCUT2D eigenvalue weighted by atomic mass is 9.79. The third-order valence-electron chi connectivity index (χ3n) is 4.47. The van der Waals surface area contributed by atoms with Crippen molar-refractivity contribution in [1.29, 1.82) is 0 Å². The van der Waals surface area contributed by atoms with Crippen LogP contribution in [0.5, 0.6) is 5.75 Å². The molecule has 0 radical (unpaired) electrons. The predicted octanol–water partition coefficient (Wildman–Crippen LogP) is 6.48. The lowest BCUT2D eigenvalue weighted by molar-refractivity contribution is 0.411. The number of para-hydroxylation sites is 1. The highest BCUT2D eigenvalue weighted by Gasteiger charge is 2.22. The van der Waals surface area contributed by atoms with Gasteiger partial charge in [0.15, 0.2) is 0 Å². The van der Waals surface area contributed by atoms with Crippen LogP contribution in [0.2, 0.25) is 0 Å². The van der Waals surface area contributed by atoms with Gasteiger partial charge in [-0.25, -0.2) is 4.57 Å². The highest BCUT2D eigenvalue weighted by molar-refractivity contribution is 7.32. The van der Waals surface area contributed by atoms with E-state index in [-0.39, 0.29) is 0 Å². The average Bonchev–Trinajstić information content (AvgIpc) is 2.53. The largest absolute Gasteiger partial charge is 0.426 e. The van der Waals surface area contributed by atoms with E-state index in [4.69, 9.17) is 4.52 Å². The molecule has 1 N–H and O–H groups in total. The smallest absolute Gasteiger partial charge is 0.365 e. The Morgan fingerprint density at radius 2 is 1.40 bits per heavy atom. The van der Waals surface area contributed by atoms with E-state index in [1.807, 2.05) is 18.2 Å².